The Balaban J connectivity index is 0.00000144. The standard InChI is InChI=1S/C6H7NO3S.Na/c7-5-1-3-6(4-2-5)11(8,9)10;/h1-4H,7H2,(H,8,9,10);/q;+1/p-1/i/hD. The molecule has 0 atom stereocenters. The van der Waals surface area contributed by atoms with Gasteiger partial charge in [0.1, 0.15) is 10.1 Å². The number of anilines is 1. The Morgan fingerprint density at radius 3 is 2.17 bits per heavy atom. The van der Waals surface area contributed by atoms with Gasteiger partial charge in [-0.05, 0) is 24.3 Å². The van der Waals surface area contributed by atoms with Crippen LogP contribution in [0.25, 0.3) is 0 Å². The first-order chi connectivity index (χ1) is 5.54. The molecule has 0 bridgehead atoms. The predicted molar refractivity (Wildman–Crippen MR) is 38.8 cm³/mol. The normalized spacial score (nSPS) is 11.2. The summed E-state index contributed by atoms with van der Waals surface area (Å²) in [6, 6.07) is 4.99. The summed E-state index contributed by atoms with van der Waals surface area (Å²) in [4.78, 5) is -0.290. The molecule has 0 aromatic heterocycles. The van der Waals surface area contributed by atoms with E-state index in [1.54, 1.807) is 0 Å². The zero-order valence-electron chi connectivity index (χ0n) is 7.44. The molecule has 1 aromatic carbocycles. The van der Waals surface area contributed by atoms with E-state index in [0.717, 1.165) is 12.1 Å². The van der Waals surface area contributed by atoms with Gasteiger partial charge >= 0.3 is 29.6 Å². The molecule has 0 heterocycles. The van der Waals surface area contributed by atoms with Crippen molar-refractivity contribution in [2.75, 3.05) is 5.73 Å². The molecule has 0 fully saturated rings. The number of hydrogen-bond acceptors (Lipinski definition) is 4. The molecule has 0 saturated heterocycles. The first-order valence-corrected chi connectivity index (χ1v) is 4.18. The molecule has 0 aliphatic heterocycles. The van der Waals surface area contributed by atoms with Crippen LogP contribution in [-0.4, -0.2) is 13.0 Å². The van der Waals surface area contributed by atoms with Crippen LogP contribution < -0.4 is 35.3 Å². The van der Waals surface area contributed by atoms with E-state index < -0.39 is 10.1 Å². The maximum absolute atomic E-state index is 10.4. The van der Waals surface area contributed by atoms with Gasteiger partial charge in [-0.15, -0.1) is 0 Å². The van der Waals surface area contributed by atoms with Crippen LogP contribution in [0.2, 0.25) is 1.41 Å². The summed E-state index contributed by atoms with van der Waals surface area (Å²) in [6.07, 6.45) is 0. The first-order valence-electron chi connectivity index (χ1n) is 3.28. The van der Waals surface area contributed by atoms with Gasteiger partial charge in [0.2, 0.25) is 0 Å². The fourth-order valence-corrected chi connectivity index (χ4v) is 1.09. The molecule has 0 unspecified atom stereocenters. The number of nitrogen functional groups attached to an aromatic ring is 1. The monoisotopic (exact) mass is 196 g/mol. The third kappa shape index (κ3) is 3.12. The number of benzene rings is 1. The molecule has 0 aliphatic carbocycles. The van der Waals surface area contributed by atoms with Crippen molar-refractivity contribution >= 4 is 15.8 Å². The molecule has 0 aliphatic rings. The summed E-state index contributed by atoms with van der Waals surface area (Å²) in [7, 11) is -4.37. The van der Waals surface area contributed by atoms with Crippen molar-refractivity contribution in [2.45, 2.75) is 4.90 Å². The second-order valence-corrected chi connectivity index (χ2v) is 3.36. The van der Waals surface area contributed by atoms with E-state index in [-0.39, 0.29) is 34.5 Å². The second-order valence-electron chi connectivity index (χ2n) is 1.98. The summed E-state index contributed by atoms with van der Waals surface area (Å²) in [6.45, 7) is 0. The molecule has 6 heteroatoms. The van der Waals surface area contributed by atoms with Crippen molar-refractivity contribution < 1.29 is 43.9 Å². The molecular formula is C6H6NNaO3S. The van der Waals surface area contributed by atoms with Crippen LogP contribution in [0.4, 0.5) is 5.69 Å². The smallest absolute Gasteiger partial charge is 0.744 e. The minimum absolute atomic E-state index is 0. The minimum Gasteiger partial charge on any atom is -0.744 e. The topological polar surface area (TPSA) is 83.2 Å². The Hall–Kier alpha value is -0.0700. The van der Waals surface area contributed by atoms with Gasteiger partial charge < -0.3 is 10.3 Å². The van der Waals surface area contributed by atoms with Crippen LogP contribution in [0, 0.1) is 0 Å². The molecular weight excluding hydrogens is 189 g/mol. The number of nitrogens with two attached hydrogens (primary N) is 1. The van der Waals surface area contributed by atoms with Gasteiger partial charge in [-0.2, -0.15) is 0 Å². The molecule has 0 amide bonds. The summed E-state index contributed by atoms with van der Waals surface area (Å²) >= 11 is 0. The fourth-order valence-electron chi connectivity index (χ4n) is 0.622. The summed E-state index contributed by atoms with van der Waals surface area (Å²) in [5, 5.41) is 0. The van der Waals surface area contributed by atoms with Crippen molar-refractivity contribution in [2.24, 2.45) is 0 Å². The predicted octanol–water partition coefficient (Wildman–Crippen LogP) is -2.82. The SMILES string of the molecule is [2H]Nc1ccc(S(=O)(=O)[O-])cc1.[Na+]. The number of rotatable bonds is 2. The second kappa shape index (κ2) is 4.25. The van der Waals surface area contributed by atoms with Crippen LogP contribution in [0.3, 0.4) is 0 Å². The average Bonchev–Trinajstić information content (AvgIpc) is 2.03. The van der Waals surface area contributed by atoms with Gasteiger partial charge in [-0.1, -0.05) is 0 Å². The van der Waals surface area contributed by atoms with Crippen molar-refractivity contribution in [3.8, 4) is 0 Å². The largest absolute Gasteiger partial charge is 1.00 e. The van der Waals surface area contributed by atoms with E-state index in [2.05, 4.69) is 5.73 Å². The third-order valence-electron chi connectivity index (χ3n) is 1.14. The molecule has 12 heavy (non-hydrogen) atoms. The summed E-state index contributed by atoms with van der Waals surface area (Å²) in [5.74, 6) is 0. The molecule has 1 aromatic rings. The van der Waals surface area contributed by atoms with Crippen LogP contribution in [-0.2, 0) is 10.1 Å². The van der Waals surface area contributed by atoms with E-state index in [9.17, 15) is 13.0 Å². The van der Waals surface area contributed by atoms with Crippen molar-refractivity contribution in [3.63, 3.8) is 0 Å². The Morgan fingerprint density at radius 2 is 1.83 bits per heavy atom. The molecule has 60 valence electrons. The van der Waals surface area contributed by atoms with Crippen LogP contribution in [0.1, 0.15) is 0 Å². The van der Waals surface area contributed by atoms with Gasteiger partial charge in [-0.25, -0.2) is 8.42 Å². The third-order valence-corrected chi connectivity index (χ3v) is 1.99. The molecule has 0 spiro atoms. The van der Waals surface area contributed by atoms with E-state index in [1.165, 1.54) is 12.1 Å². The Morgan fingerprint density at radius 1 is 1.33 bits per heavy atom. The Labute approximate surface area is 94.3 Å². The summed E-state index contributed by atoms with van der Waals surface area (Å²) in [5.41, 5.74) is 2.49. The fraction of sp³-hybridized carbons (Fsp3) is 0. The molecule has 2 N–H and O–H groups in total. The molecule has 0 radical (unpaired) electrons. The molecule has 0 saturated carbocycles. The molecule has 1 rings (SSSR count). The summed E-state index contributed by atoms with van der Waals surface area (Å²) < 4.78 is 37.9. The van der Waals surface area contributed by atoms with E-state index >= 15 is 0 Å². The van der Waals surface area contributed by atoms with E-state index in [4.69, 9.17) is 1.41 Å². The average molecular weight is 196 g/mol. The zero-order valence-corrected chi connectivity index (χ0v) is 9.26. The Kier molecular flexibility index (Phi) is 3.54. The quantitative estimate of drug-likeness (QED) is 0.314. The van der Waals surface area contributed by atoms with Gasteiger partial charge in [0.15, 0.2) is 1.41 Å². The van der Waals surface area contributed by atoms with Gasteiger partial charge in [0.25, 0.3) is 0 Å². The maximum atomic E-state index is 10.4. The minimum atomic E-state index is -4.37. The van der Waals surface area contributed by atoms with Crippen molar-refractivity contribution in [1.29, 1.82) is 0 Å². The van der Waals surface area contributed by atoms with Gasteiger partial charge in [0, 0.05) is 5.69 Å². The van der Waals surface area contributed by atoms with Gasteiger partial charge in [-0.3, -0.25) is 0 Å². The molecule has 4 nitrogen and oxygen atoms in total. The van der Waals surface area contributed by atoms with Gasteiger partial charge in [0.05, 0.1) is 4.90 Å². The first kappa shape index (κ1) is 10.0. The maximum Gasteiger partial charge on any atom is 1.00 e. The zero-order chi connectivity index (χ0) is 9.19. The van der Waals surface area contributed by atoms with Crippen LogP contribution in [0.15, 0.2) is 29.2 Å². The van der Waals surface area contributed by atoms with Crippen molar-refractivity contribution in [1.82, 2.24) is 0 Å². The van der Waals surface area contributed by atoms with Crippen LogP contribution in [0.5, 0.6) is 0 Å². The van der Waals surface area contributed by atoms with Crippen LogP contribution >= 0.6 is 0 Å². The van der Waals surface area contributed by atoms with Crippen molar-refractivity contribution in [3.05, 3.63) is 24.3 Å². The Bertz CT molecular complexity index is 364. The number of hydrogen-bond donors (Lipinski definition) is 1. The van der Waals surface area contributed by atoms with E-state index in [1.807, 2.05) is 0 Å². The van der Waals surface area contributed by atoms with E-state index in [0.29, 0.717) is 5.69 Å².